The van der Waals surface area contributed by atoms with Crippen molar-refractivity contribution in [2.45, 2.75) is 0 Å². The number of rotatable bonds is 2. The Labute approximate surface area is 147 Å². The zero-order valence-electron chi connectivity index (χ0n) is 14.3. The number of carbonyl (C=O) groups excluding carboxylic acids is 1. The molecule has 0 fully saturated rings. The maximum absolute atomic E-state index is 12.1. The number of carbonyl (C=O) groups is 1. The molecule has 2 N–H and O–H groups in total. The Bertz CT molecular complexity index is 1220. The molecule has 0 aliphatic rings. The molecule has 2 aromatic heterocycles. The Morgan fingerprint density at radius 2 is 1.77 bits per heavy atom. The first-order valence-electron chi connectivity index (χ1n) is 7.51. The number of nitriles is 1. The van der Waals surface area contributed by atoms with Crippen LogP contribution < -0.4 is 16.9 Å². The molecule has 0 unspecified atom stereocenters. The first-order chi connectivity index (χ1) is 12.3. The number of benzene rings is 1. The number of aromatic nitrogens is 3. The van der Waals surface area contributed by atoms with Crippen LogP contribution in [-0.4, -0.2) is 26.8 Å². The Morgan fingerprint density at radius 1 is 1.15 bits per heavy atom. The van der Waals surface area contributed by atoms with Crippen LogP contribution in [0.5, 0.6) is 0 Å². The average Bonchev–Trinajstić information content (AvgIpc) is 2.99. The van der Waals surface area contributed by atoms with Crippen LogP contribution in [-0.2, 0) is 18.8 Å². The highest BCUT2D eigenvalue weighted by molar-refractivity contribution is 5.96. The van der Waals surface area contributed by atoms with E-state index < -0.39 is 17.1 Å². The minimum atomic E-state index is -0.696. The fraction of sp³-hybridized carbons (Fsp3) is 0.176. The Balaban J connectivity index is 2.38. The molecular formula is C17H15N5O4. The smallest absolute Gasteiger partial charge is 0.357 e. The third-order valence-corrected chi connectivity index (χ3v) is 4.30. The molecule has 0 aliphatic heterocycles. The van der Waals surface area contributed by atoms with Crippen molar-refractivity contribution in [1.82, 2.24) is 13.7 Å². The lowest BCUT2D eigenvalue weighted by atomic mass is 10.2. The van der Waals surface area contributed by atoms with E-state index in [1.165, 1.54) is 41.1 Å². The Hall–Kier alpha value is -3.80. The van der Waals surface area contributed by atoms with E-state index in [0.717, 1.165) is 0 Å². The normalized spacial score (nSPS) is 10.7. The molecule has 9 heteroatoms. The van der Waals surface area contributed by atoms with E-state index in [9.17, 15) is 19.6 Å². The third-order valence-electron chi connectivity index (χ3n) is 4.30. The van der Waals surface area contributed by atoms with E-state index in [1.54, 1.807) is 18.2 Å². The van der Waals surface area contributed by atoms with Gasteiger partial charge in [0.15, 0.2) is 5.69 Å². The van der Waals surface area contributed by atoms with Crippen molar-refractivity contribution in [2.24, 2.45) is 14.1 Å². The van der Waals surface area contributed by atoms with E-state index in [-0.39, 0.29) is 16.9 Å². The second-order valence-corrected chi connectivity index (χ2v) is 5.68. The highest BCUT2D eigenvalue weighted by atomic mass is 16.5. The minimum Gasteiger partial charge on any atom is -0.464 e. The van der Waals surface area contributed by atoms with Gasteiger partial charge in [-0.15, -0.1) is 0 Å². The summed E-state index contributed by atoms with van der Waals surface area (Å²) in [4.78, 5) is 36.1. The third kappa shape index (κ3) is 2.28. The second kappa shape index (κ2) is 5.93. The standard InChI is InChI=1S/C17H15N5O4/c1-20-11-5-4-10(6-12(11)21(2)16(24)15(20)23)22-8-9(7-18)13(19)14(22)17(25)26-3/h4-6,8H,19H2,1-3H3. The van der Waals surface area contributed by atoms with Gasteiger partial charge in [-0.1, -0.05) is 0 Å². The summed E-state index contributed by atoms with van der Waals surface area (Å²) < 4.78 is 8.67. The summed E-state index contributed by atoms with van der Waals surface area (Å²) >= 11 is 0. The van der Waals surface area contributed by atoms with Crippen LogP contribution in [0.1, 0.15) is 16.1 Å². The second-order valence-electron chi connectivity index (χ2n) is 5.68. The predicted octanol–water partition coefficient (Wildman–Crippen LogP) is 0.268. The van der Waals surface area contributed by atoms with Gasteiger partial charge in [0.05, 0.1) is 29.4 Å². The summed E-state index contributed by atoms with van der Waals surface area (Å²) in [7, 11) is 4.21. The molecule has 0 amide bonds. The lowest BCUT2D eigenvalue weighted by molar-refractivity contribution is 0.0593. The van der Waals surface area contributed by atoms with Gasteiger partial charge in [-0.2, -0.15) is 5.26 Å². The molecular weight excluding hydrogens is 338 g/mol. The van der Waals surface area contributed by atoms with Crippen molar-refractivity contribution in [3.05, 3.63) is 56.4 Å². The lowest BCUT2D eigenvalue weighted by Crippen LogP contribution is -2.39. The maximum Gasteiger partial charge on any atom is 0.357 e. The van der Waals surface area contributed by atoms with Crippen molar-refractivity contribution >= 4 is 22.7 Å². The average molecular weight is 353 g/mol. The van der Waals surface area contributed by atoms with Gasteiger partial charge >= 0.3 is 17.1 Å². The molecule has 3 aromatic rings. The number of nitrogens with zero attached hydrogens (tertiary/aromatic N) is 4. The fourth-order valence-corrected chi connectivity index (χ4v) is 2.84. The highest BCUT2D eigenvalue weighted by Gasteiger charge is 2.22. The van der Waals surface area contributed by atoms with Crippen molar-refractivity contribution in [3.63, 3.8) is 0 Å². The van der Waals surface area contributed by atoms with Gasteiger partial charge in [0.1, 0.15) is 6.07 Å². The SMILES string of the molecule is COC(=O)c1c(N)c(C#N)cn1-c1ccc2c(c1)n(C)c(=O)c(=O)n2C. The van der Waals surface area contributed by atoms with Crippen LogP contribution in [0.2, 0.25) is 0 Å². The molecule has 2 heterocycles. The van der Waals surface area contributed by atoms with Crippen LogP contribution in [0.25, 0.3) is 16.7 Å². The maximum atomic E-state index is 12.1. The number of anilines is 1. The van der Waals surface area contributed by atoms with Crippen molar-refractivity contribution in [2.75, 3.05) is 12.8 Å². The first-order valence-corrected chi connectivity index (χ1v) is 7.51. The number of fused-ring (bicyclic) bond motifs is 1. The van der Waals surface area contributed by atoms with Gasteiger partial charge in [-0.3, -0.25) is 9.59 Å². The molecule has 1 aromatic carbocycles. The summed E-state index contributed by atoms with van der Waals surface area (Å²) in [6, 6.07) is 6.85. The number of methoxy groups -OCH3 is 1. The molecule has 0 aliphatic carbocycles. The number of esters is 1. The zero-order valence-corrected chi connectivity index (χ0v) is 14.3. The molecule has 3 rings (SSSR count). The molecule has 0 atom stereocenters. The number of hydrogen-bond acceptors (Lipinski definition) is 6. The van der Waals surface area contributed by atoms with Gasteiger partial charge in [0.2, 0.25) is 0 Å². The van der Waals surface area contributed by atoms with E-state index in [0.29, 0.717) is 16.7 Å². The number of ether oxygens (including phenoxy) is 1. The lowest BCUT2D eigenvalue weighted by Gasteiger charge is -2.13. The number of nitrogen functional groups attached to an aromatic ring is 1. The van der Waals surface area contributed by atoms with Crippen LogP contribution in [0.3, 0.4) is 0 Å². The van der Waals surface area contributed by atoms with E-state index in [4.69, 9.17) is 10.5 Å². The van der Waals surface area contributed by atoms with Crippen LogP contribution >= 0.6 is 0 Å². The van der Waals surface area contributed by atoms with Gasteiger partial charge in [0.25, 0.3) is 0 Å². The molecule has 132 valence electrons. The van der Waals surface area contributed by atoms with Gasteiger partial charge in [0, 0.05) is 26.0 Å². The van der Waals surface area contributed by atoms with Crippen molar-refractivity contribution in [3.8, 4) is 11.8 Å². The summed E-state index contributed by atoms with van der Waals surface area (Å²) in [5, 5.41) is 9.20. The largest absolute Gasteiger partial charge is 0.464 e. The molecule has 0 saturated heterocycles. The topological polar surface area (TPSA) is 125 Å². The van der Waals surface area contributed by atoms with Gasteiger partial charge in [-0.25, -0.2) is 4.79 Å². The van der Waals surface area contributed by atoms with E-state index >= 15 is 0 Å². The minimum absolute atomic E-state index is 0.00815. The van der Waals surface area contributed by atoms with E-state index in [1.807, 2.05) is 6.07 Å². The Kier molecular flexibility index (Phi) is 3.88. The number of aryl methyl sites for hydroxylation is 2. The predicted molar refractivity (Wildman–Crippen MR) is 94.2 cm³/mol. The summed E-state index contributed by atoms with van der Waals surface area (Å²) in [5.41, 5.74) is 6.24. The summed E-state index contributed by atoms with van der Waals surface area (Å²) in [6.45, 7) is 0. The van der Waals surface area contributed by atoms with Gasteiger partial charge < -0.3 is 24.2 Å². The number of hydrogen-bond donors (Lipinski definition) is 1. The van der Waals surface area contributed by atoms with Crippen LogP contribution in [0.15, 0.2) is 34.0 Å². The molecule has 0 bridgehead atoms. The van der Waals surface area contributed by atoms with E-state index in [2.05, 4.69) is 0 Å². The zero-order chi connectivity index (χ0) is 19.2. The quantitative estimate of drug-likeness (QED) is 0.521. The summed E-state index contributed by atoms with van der Waals surface area (Å²) in [6.07, 6.45) is 1.42. The molecule has 0 radical (unpaired) electrons. The first kappa shape index (κ1) is 17.0. The molecule has 0 spiro atoms. The van der Waals surface area contributed by atoms with Crippen molar-refractivity contribution < 1.29 is 9.53 Å². The highest BCUT2D eigenvalue weighted by Crippen LogP contribution is 2.26. The Morgan fingerprint density at radius 3 is 2.35 bits per heavy atom. The molecule has 9 nitrogen and oxygen atoms in total. The monoisotopic (exact) mass is 353 g/mol. The fourth-order valence-electron chi connectivity index (χ4n) is 2.84. The number of nitrogens with two attached hydrogens (primary N) is 1. The van der Waals surface area contributed by atoms with Crippen LogP contribution in [0.4, 0.5) is 5.69 Å². The molecule has 26 heavy (non-hydrogen) atoms. The molecule has 0 saturated carbocycles. The van der Waals surface area contributed by atoms with Gasteiger partial charge in [-0.05, 0) is 18.2 Å². The van der Waals surface area contributed by atoms with Crippen LogP contribution in [0, 0.1) is 11.3 Å². The summed E-state index contributed by atoms with van der Waals surface area (Å²) in [5.74, 6) is -0.696. The van der Waals surface area contributed by atoms with Crippen molar-refractivity contribution in [1.29, 1.82) is 5.26 Å².